The zero-order chi connectivity index (χ0) is 25.7. The first-order valence-corrected chi connectivity index (χ1v) is 11.9. The molecule has 184 valence electrons. The number of nitrogens with one attached hydrogen (secondary N) is 1. The van der Waals surface area contributed by atoms with Crippen LogP contribution in [0.25, 0.3) is 5.69 Å². The summed E-state index contributed by atoms with van der Waals surface area (Å²) in [6, 6.07) is 20.2. The average molecular weight is 550 g/mol. The number of rotatable bonds is 8. The number of furan rings is 1. The number of carbonyl (C=O) groups is 2. The summed E-state index contributed by atoms with van der Waals surface area (Å²) in [4.78, 5) is 23.4. The number of esters is 1. The van der Waals surface area contributed by atoms with Crippen molar-refractivity contribution < 1.29 is 23.5 Å². The van der Waals surface area contributed by atoms with Crippen molar-refractivity contribution in [2.75, 3.05) is 0 Å². The zero-order valence-electron chi connectivity index (χ0n) is 19.9. The highest BCUT2D eigenvalue weighted by atomic mass is 79.9. The van der Waals surface area contributed by atoms with Gasteiger partial charge in [0.05, 0.1) is 10.7 Å². The second-order valence-electron chi connectivity index (χ2n) is 7.98. The van der Waals surface area contributed by atoms with Crippen LogP contribution < -0.4 is 14.9 Å². The lowest BCUT2D eigenvalue weighted by Gasteiger charge is -2.10. The molecule has 8 nitrogen and oxygen atoms in total. The van der Waals surface area contributed by atoms with Gasteiger partial charge < -0.3 is 18.5 Å². The Bertz CT molecular complexity index is 1400. The van der Waals surface area contributed by atoms with Crippen LogP contribution in [-0.2, 0) is 11.4 Å². The summed E-state index contributed by atoms with van der Waals surface area (Å²) >= 11 is 3.33. The van der Waals surface area contributed by atoms with Crippen molar-refractivity contribution in [1.82, 2.24) is 9.99 Å². The van der Waals surface area contributed by atoms with E-state index in [4.69, 9.17) is 13.9 Å². The Kier molecular flexibility index (Phi) is 7.70. The van der Waals surface area contributed by atoms with Crippen LogP contribution in [0.1, 0.15) is 40.2 Å². The molecule has 0 aliphatic rings. The number of hydrogen-bond acceptors (Lipinski definition) is 6. The van der Waals surface area contributed by atoms with Gasteiger partial charge in [0.1, 0.15) is 23.9 Å². The Balaban J connectivity index is 1.30. The van der Waals surface area contributed by atoms with E-state index in [-0.39, 0.29) is 12.4 Å². The molecule has 0 fully saturated rings. The van der Waals surface area contributed by atoms with E-state index < -0.39 is 11.9 Å². The summed E-state index contributed by atoms with van der Waals surface area (Å²) in [6.45, 7) is 5.64. The number of aromatic nitrogens is 1. The molecule has 0 aliphatic heterocycles. The highest BCUT2D eigenvalue weighted by Gasteiger charge is 2.11. The summed E-state index contributed by atoms with van der Waals surface area (Å²) in [6.07, 6.45) is 1.47. The number of nitrogens with zero attached hydrogens (tertiary/aromatic N) is 2. The number of benzene rings is 2. The summed E-state index contributed by atoms with van der Waals surface area (Å²) in [5, 5.41) is 3.95. The van der Waals surface area contributed by atoms with Gasteiger partial charge in [-0.05, 0) is 102 Å². The number of carbonyl (C=O) groups excluding carboxylic acids is 2. The van der Waals surface area contributed by atoms with Gasteiger partial charge in [0.2, 0.25) is 0 Å². The van der Waals surface area contributed by atoms with Crippen LogP contribution in [0.4, 0.5) is 0 Å². The van der Waals surface area contributed by atoms with Gasteiger partial charge in [-0.2, -0.15) is 5.10 Å². The largest absolute Gasteiger partial charge is 0.486 e. The maximum absolute atomic E-state index is 12.3. The number of ether oxygens (including phenoxy) is 2. The molecule has 2 aromatic carbocycles. The van der Waals surface area contributed by atoms with Gasteiger partial charge in [0.25, 0.3) is 0 Å². The maximum atomic E-state index is 12.3. The molecule has 0 aliphatic carbocycles. The molecule has 0 saturated carbocycles. The molecule has 0 bridgehead atoms. The third-order valence-electron chi connectivity index (χ3n) is 5.22. The second kappa shape index (κ2) is 11.1. The fourth-order valence-corrected chi connectivity index (χ4v) is 4.03. The predicted octanol–water partition coefficient (Wildman–Crippen LogP) is 5.72. The van der Waals surface area contributed by atoms with Crippen molar-refractivity contribution in [3.8, 4) is 17.2 Å². The molecule has 2 aromatic heterocycles. The first kappa shape index (κ1) is 25.0. The first-order valence-electron chi connectivity index (χ1n) is 11.1. The Morgan fingerprint density at radius 3 is 2.42 bits per heavy atom. The maximum Gasteiger partial charge on any atom is 0.308 e. The van der Waals surface area contributed by atoms with Crippen molar-refractivity contribution in [2.45, 2.75) is 27.4 Å². The van der Waals surface area contributed by atoms with Crippen molar-refractivity contribution >= 4 is 34.0 Å². The van der Waals surface area contributed by atoms with Crippen molar-refractivity contribution in [3.05, 3.63) is 99.7 Å². The van der Waals surface area contributed by atoms with E-state index in [0.29, 0.717) is 27.3 Å². The molecule has 9 heteroatoms. The second-order valence-corrected chi connectivity index (χ2v) is 8.84. The van der Waals surface area contributed by atoms with Crippen molar-refractivity contribution in [1.29, 1.82) is 0 Å². The molecule has 0 saturated heterocycles. The quantitative estimate of drug-likeness (QED) is 0.131. The standard InChI is InChI=1S/C27H24BrN3O5/c1-17-4-5-18(2)31(17)21-7-9-22(10-8-21)34-16-23-11-13-26(36-23)27(33)30-29-15-20-6-12-25(24(28)14-20)35-19(3)32/h4-15H,16H2,1-3H3,(H,30,33)/b29-15+. The highest BCUT2D eigenvalue weighted by molar-refractivity contribution is 9.10. The molecule has 2 heterocycles. The Morgan fingerprint density at radius 1 is 1.03 bits per heavy atom. The lowest BCUT2D eigenvalue weighted by atomic mass is 10.2. The average Bonchev–Trinajstić information content (AvgIpc) is 3.46. The summed E-state index contributed by atoms with van der Waals surface area (Å²) in [7, 11) is 0. The third-order valence-corrected chi connectivity index (χ3v) is 5.84. The van der Waals surface area contributed by atoms with E-state index in [2.05, 4.69) is 57.0 Å². The van der Waals surface area contributed by atoms with Crippen LogP contribution >= 0.6 is 15.9 Å². The van der Waals surface area contributed by atoms with E-state index in [1.54, 1.807) is 30.3 Å². The fraction of sp³-hybridized carbons (Fsp3) is 0.148. The minimum Gasteiger partial charge on any atom is -0.486 e. The molecule has 1 N–H and O–H groups in total. The van der Waals surface area contributed by atoms with Gasteiger partial charge in [-0.25, -0.2) is 5.43 Å². The smallest absolute Gasteiger partial charge is 0.308 e. The molecule has 4 rings (SSSR count). The van der Waals surface area contributed by atoms with Crippen molar-refractivity contribution in [3.63, 3.8) is 0 Å². The van der Waals surface area contributed by atoms with E-state index in [0.717, 1.165) is 17.1 Å². The Morgan fingerprint density at radius 2 is 1.75 bits per heavy atom. The monoisotopic (exact) mass is 549 g/mol. The molecule has 36 heavy (non-hydrogen) atoms. The van der Waals surface area contributed by atoms with E-state index in [9.17, 15) is 9.59 Å². The van der Waals surface area contributed by atoms with Gasteiger partial charge in [-0.1, -0.05) is 0 Å². The zero-order valence-corrected chi connectivity index (χ0v) is 21.5. The topological polar surface area (TPSA) is 95.1 Å². The highest BCUT2D eigenvalue weighted by Crippen LogP contribution is 2.25. The molecule has 1 amide bonds. The summed E-state index contributed by atoms with van der Waals surface area (Å²) in [5.41, 5.74) is 6.51. The lowest BCUT2D eigenvalue weighted by Crippen LogP contribution is -2.16. The summed E-state index contributed by atoms with van der Waals surface area (Å²) < 4.78 is 19.2. The first-order chi connectivity index (χ1) is 17.3. The van der Waals surface area contributed by atoms with Gasteiger partial charge in [0, 0.05) is 24.0 Å². The van der Waals surface area contributed by atoms with Crippen LogP contribution in [-0.4, -0.2) is 22.7 Å². The molecule has 0 spiro atoms. The van der Waals surface area contributed by atoms with E-state index in [1.165, 1.54) is 13.1 Å². The van der Waals surface area contributed by atoms with E-state index in [1.807, 2.05) is 24.3 Å². The van der Waals surface area contributed by atoms with Crippen molar-refractivity contribution in [2.24, 2.45) is 5.10 Å². The van der Waals surface area contributed by atoms with Crippen LogP contribution in [0, 0.1) is 13.8 Å². The molecule has 0 unspecified atom stereocenters. The lowest BCUT2D eigenvalue weighted by molar-refractivity contribution is -0.131. The SMILES string of the molecule is CC(=O)Oc1ccc(/C=N/NC(=O)c2ccc(COc3ccc(-n4c(C)ccc4C)cc3)o2)cc1Br. The van der Waals surface area contributed by atoms with Crippen LogP contribution in [0.2, 0.25) is 0 Å². The molecule has 4 aromatic rings. The normalized spacial score (nSPS) is 11.0. The van der Waals surface area contributed by atoms with Crippen LogP contribution in [0.5, 0.6) is 11.5 Å². The molecular weight excluding hydrogens is 526 g/mol. The predicted molar refractivity (Wildman–Crippen MR) is 139 cm³/mol. The van der Waals surface area contributed by atoms with Crippen LogP contribution in [0.15, 0.2) is 80.7 Å². The minimum atomic E-state index is -0.491. The summed E-state index contributed by atoms with van der Waals surface area (Å²) in [5.74, 6) is 0.815. The number of hydrazone groups is 1. The molecule has 0 atom stereocenters. The minimum absolute atomic E-state index is 0.117. The third kappa shape index (κ3) is 6.11. The number of amides is 1. The van der Waals surface area contributed by atoms with Crippen LogP contribution in [0.3, 0.4) is 0 Å². The Labute approximate surface area is 216 Å². The fourth-order valence-electron chi connectivity index (χ4n) is 3.55. The number of halogens is 1. The van der Waals surface area contributed by atoms with Gasteiger partial charge >= 0.3 is 11.9 Å². The van der Waals surface area contributed by atoms with Gasteiger partial charge in [-0.15, -0.1) is 0 Å². The number of aryl methyl sites for hydroxylation is 2. The molecular formula is C27H24BrN3O5. The van der Waals surface area contributed by atoms with E-state index >= 15 is 0 Å². The Hall–Kier alpha value is -4.11. The van der Waals surface area contributed by atoms with Gasteiger partial charge in [0.15, 0.2) is 5.76 Å². The molecule has 0 radical (unpaired) electrons. The van der Waals surface area contributed by atoms with Gasteiger partial charge in [-0.3, -0.25) is 9.59 Å². The number of hydrogen-bond donors (Lipinski definition) is 1.